The summed E-state index contributed by atoms with van der Waals surface area (Å²) in [7, 11) is 1.62. The Morgan fingerprint density at radius 1 is 1.50 bits per heavy atom. The van der Waals surface area contributed by atoms with Crippen molar-refractivity contribution in [2.75, 3.05) is 25.2 Å². The normalized spacial score (nSPS) is 19.5. The molecule has 2 rings (SSSR count). The fourth-order valence-electron chi connectivity index (χ4n) is 2.38. The van der Waals surface area contributed by atoms with Crippen molar-refractivity contribution in [2.24, 2.45) is 5.73 Å². The van der Waals surface area contributed by atoms with Crippen molar-refractivity contribution in [3.63, 3.8) is 0 Å². The third-order valence-corrected chi connectivity index (χ3v) is 3.41. The Morgan fingerprint density at radius 3 is 2.90 bits per heavy atom. The van der Waals surface area contributed by atoms with Gasteiger partial charge in [0.05, 0.1) is 18.3 Å². The molecular formula is C15H22N2O3. The van der Waals surface area contributed by atoms with Crippen molar-refractivity contribution in [1.29, 1.82) is 0 Å². The minimum absolute atomic E-state index is 0.00295. The minimum atomic E-state index is -0.437. The molecule has 1 heterocycles. The fraction of sp³-hybridized carbons (Fsp3) is 0.533. The van der Waals surface area contributed by atoms with Crippen LogP contribution in [0, 0.1) is 0 Å². The van der Waals surface area contributed by atoms with E-state index >= 15 is 0 Å². The number of hydrogen-bond acceptors (Lipinski definition) is 4. The molecule has 1 aromatic carbocycles. The summed E-state index contributed by atoms with van der Waals surface area (Å²) in [5.41, 5.74) is 7.80. The molecule has 20 heavy (non-hydrogen) atoms. The summed E-state index contributed by atoms with van der Waals surface area (Å²) in [4.78, 5) is 14.0. The fourth-order valence-corrected chi connectivity index (χ4v) is 2.38. The van der Waals surface area contributed by atoms with Crippen LogP contribution in [-0.4, -0.2) is 32.3 Å². The monoisotopic (exact) mass is 278 g/mol. The number of nitrogens with two attached hydrogens (primary N) is 1. The zero-order chi connectivity index (χ0) is 14.7. The van der Waals surface area contributed by atoms with E-state index in [1.165, 1.54) is 0 Å². The van der Waals surface area contributed by atoms with Crippen LogP contribution in [0.15, 0.2) is 18.2 Å². The zero-order valence-electron chi connectivity index (χ0n) is 12.3. The number of fused-ring (bicyclic) bond motifs is 1. The van der Waals surface area contributed by atoms with Gasteiger partial charge in [-0.25, -0.2) is 0 Å². The number of rotatable bonds is 5. The molecule has 0 aliphatic carbocycles. The molecule has 0 aromatic heterocycles. The van der Waals surface area contributed by atoms with Crippen LogP contribution in [0.3, 0.4) is 0 Å². The summed E-state index contributed by atoms with van der Waals surface area (Å²) >= 11 is 0. The molecule has 5 heteroatoms. The van der Waals surface area contributed by atoms with Crippen LogP contribution in [0.4, 0.5) is 5.69 Å². The maximum Gasteiger partial charge on any atom is 0.267 e. The van der Waals surface area contributed by atoms with Gasteiger partial charge in [0.1, 0.15) is 5.75 Å². The molecule has 1 aliphatic heterocycles. The predicted octanol–water partition coefficient (Wildman–Crippen LogP) is 1.86. The lowest BCUT2D eigenvalue weighted by Gasteiger charge is -2.33. The summed E-state index contributed by atoms with van der Waals surface area (Å²) in [5, 5.41) is 0. The van der Waals surface area contributed by atoms with Crippen LogP contribution in [0.25, 0.3) is 0 Å². The number of amides is 1. The number of ether oxygens (including phenoxy) is 2. The van der Waals surface area contributed by atoms with Gasteiger partial charge in [-0.15, -0.1) is 0 Å². The summed E-state index contributed by atoms with van der Waals surface area (Å²) < 4.78 is 10.7. The Hall–Kier alpha value is -1.59. The van der Waals surface area contributed by atoms with Crippen molar-refractivity contribution < 1.29 is 14.3 Å². The largest absolute Gasteiger partial charge is 0.479 e. The average molecular weight is 278 g/mol. The molecule has 0 radical (unpaired) electrons. The highest BCUT2D eigenvalue weighted by atomic mass is 16.5. The number of benzene rings is 1. The van der Waals surface area contributed by atoms with E-state index in [9.17, 15) is 4.79 Å². The Morgan fingerprint density at radius 2 is 2.25 bits per heavy atom. The molecule has 0 saturated carbocycles. The maximum atomic E-state index is 12.2. The molecule has 2 unspecified atom stereocenters. The van der Waals surface area contributed by atoms with E-state index in [4.69, 9.17) is 15.2 Å². The molecule has 110 valence electrons. The molecular weight excluding hydrogens is 256 g/mol. The highest BCUT2D eigenvalue weighted by Crippen LogP contribution is 2.36. The molecule has 1 aliphatic rings. The van der Waals surface area contributed by atoms with E-state index in [0.29, 0.717) is 13.2 Å². The smallest absolute Gasteiger partial charge is 0.267 e. The van der Waals surface area contributed by atoms with Gasteiger partial charge in [0.15, 0.2) is 6.10 Å². The molecule has 0 saturated heterocycles. The highest BCUT2D eigenvalue weighted by molar-refractivity contribution is 5.99. The molecule has 0 bridgehead atoms. The molecule has 2 atom stereocenters. The van der Waals surface area contributed by atoms with Crippen molar-refractivity contribution in [3.8, 4) is 5.75 Å². The van der Waals surface area contributed by atoms with Crippen LogP contribution in [0.1, 0.15) is 31.9 Å². The lowest BCUT2D eigenvalue weighted by atomic mass is 10.0. The van der Waals surface area contributed by atoms with Crippen molar-refractivity contribution in [2.45, 2.75) is 32.4 Å². The number of nitrogens with zero attached hydrogens (tertiary/aromatic N) is 1. The number of methoxy groups -OCH3 is 1. The first-order valence-corrected chi connectivity index (χ1v) is 6.95. The molecule has 2 N–H and O–H groups in total. The highest BCUT2D eigenvalue weighted by Gasteiger charge is 2.31. The van der Waals surface area contributed by atoms with Crippen LogP contribution in [-0.2, 0) is 9.53 Å². The summed E-state index contributed by atoms with van der Waals surface area (Å²) in [6, 6.07) is 5.53. The van der Waals surface area contributed by atoms with Crippen LogP contribution >= 0.6 is 0 Å². The number of anilines is 1. The number of carbonyl (C=O) groups excluding carboxylic acids is 1. The van der Waals surface area contributed by atoms with E-state index in [1.807, 2.05) is 25.1 Å². The minimum Gasteiger partial charge on any atom is -0.479 e. The maximum absolute atomic E-state index is 12.2. The van der Waals surface area contributed by atoms with Gasteiger partial charge in [0, 0.05) is 13.7 Å². The number of carbonyl (C=O) groups is 1. The van der Waals surface area contributed by atoms with Crippen LogP contribution in [0.5, 0.6) is 5.75 Å². The SMILES string of the molecule is CCCN1C(=O)C(C)Oc2ccc(C(N)COC)cc21. The Labute approximate surface area is 119 Å². The molecule has 5 nitrogen and oxygen atoms in total. The van der Waals surface area contributed by atoms with Gasteiger partial charge in [-0.3, -0.25) is 4.79 Å². The second-order valence-corrected chi connectivity index (χ2v) is 5.04. The standard InChI is InChI=1S/C15H22N2O3/c1-4-7-17-13-8-11(12(16)9-19-3)5-6-14(13)20-10(2)15(17)18/h5-6,8,10,12H,4,7,9,16H2,1-3H3. The molecule has 0 fully saturated rings. The first-order chi connectivity index (χ1) is 9.58. The first-order valence-electron chi connectivity index (χ1n) is 6.95. The summed E-state index contributed by atoms with van der Waals surface area (Å²) in [6.45, 7) is 4.95. The van der Waals surface area contributed by atoms with Crippen molar-refractivity contribution in [1.82, 2.24) is 0 Å². The van der Waals surface area contributed by atoms with E-state index in [1.54, 1.807) is 18.9 Å². The second-order valence-electron chi connectivity index (χ2n) is 5.04. The predicted molar refractivity (Wildman–Crippen MR) is 78.0 cm³/mol. The Balaban J connectivity index is 2.37. The quantitative estimate of drug-likeness (QED) is 0.893. The second kappa shape index (κ2) is 6.24. The third kappa shape index (κ3) is 2.78. The lowest BCUT2D eigenvalue weighted by molar-refractivity contribution is -0.125. The Kier molecular flexibility index (Phi) is 4.62. The topological polar surface area (TPSA) is 64.8 Å². The van der Waals surface area contributed by atoms with Gasteiger partial charge < -0.3 is 20.1 Å². The Bertz CT molecular complexity index is 490. The van der Waals surface area contributed by atoms with Crippen molar-refractivity contribution >= 4 is 11.6 Å². The summed E-state index contributed by atoms with van der Waals surface area (Å²) in [6.07, 6.45) is 0.458. The average Bonchev–Trinajstić information content (AvgIpc) is 2.44. The summed E-state index contributed by atoms with van der Waals surface area (Å²) in [5.74, 6) is 0.732. The van der Waals surface area contributed by atoms with E-state index in [-0.39, 0.29) is 11.9 Å². The van der Waals surface area contributed by atoms with E-state index in [0.717, 1.165) is 23.4 Å². The molecule has 0 spiro atoms. The lowest BCUT2D eigenvalue weighted by Crippen LogP contribution is -2.44. The van der Waals surface area contributed by atoms with Gasteiger partial charge in [-0.05, 0) is 31.0 Å². The molecule has 1 amide bonds. The van der Waals surface area contributed by atoms with Crippen LogP contribution in [0.2, 0.25) is 0 Å². The van der Waals surface area contributed by atoms with Gasteiger partial charge in [-0.2, -0.15) is 0 Å². The van der Waals surface area contributed by atoms with Gasteiger partial charge in [0.25, 0.3) is 5.91 Å². The number of hydrogen-bond donors (Lipinski definition) is 1. The van der Waals surface area contributed by atoms with Gasteiger partial charge in [0.2, 0.25) is 0 Å². The van der Waals surface area contributed by atoms with E-state index in [2.05, 4.69) is 0 Å². The first kappa shape index (κ1) is 14.8. The molecule has 1 aromatic rings. The third-order valence-electron chi connectivity index (χ3n) is 3.41. The van der Waals surface area contributed by atoms with Gasteiger partial charge >= 0.3 is 0 Å². The van der Waals surface area contributed by atoms with Crippen LogP contribution < -0.4 is 15.4 Å². The van der Waals surface area contributed by atoms with Crippen molar-refractivity contribution in [3.05, 3.63) is 23.8 Å². The van der Waals surface area contributed by atoms with E-state index < -0.39 is 6.10 Å². The van der Waals surface area contributed by atoms with Gasteiger partial charge in [-0.1, -0.05) is 13.0 Å². The zero-order valence-corrected chi connectivity index (χ0v) is 12.3.